The molecule has 8 nitrogen and oxygen atoms in total. The highest BCUT2D eigenvalue weighted by Gasteiger charge is 2.47. The van der Waals surface area contributed by atoms with Crippen LogP contribution in [0.1, 0.15) is 36.8 Å². The van der Waals surface area contributed by atoms with Crippen LogP contribution in [-0.2, 0) is 11.2 Å². The number of carbonyl (C=O) groups is 1. The summed E-state index contributed by atoms with van der Waals surface area (Å²) in [6.45, 7) is 9.01. The second-order valence-electron chi connectivity index (χ2n) is 11.6. The van der Waals surface area contributed by atoms with E-state index >= 15 is 0 Å². The summed E-state index contributed by atoms with van der Waals surface area (Å²) in [6.07, 6.45) is 2.99. The molecule has 2 aliphatic rings. The van der Waals surface area contributed by atoms with Gasteiger partial charge in [0.15, 0.2) is 22.9 Å². The van der Waals surface area contributed by atoms with E-state index in [0.29, 0.717) is 23.9 Å². The van der Waals surface area contributed by atoms with Gasteiger partial charge in [0.05, 0.1) is 45.8 Å². The van der Waals surface area contributed by atoms with Crippen molar-refractivity contribution >= 4 is 48.4 Å². The molecule has 2 aliphatic heterocycles. The molecule has 3 aromatic carbocycles. The van der Waals surface area contributed by atoms with Gasteiger partial charge >= 0.3 is 5.91 Å². The van der Waals surface area contributed by atoms with Crippen LogP contribution in [0.5, 0.6) is 23.0 Å². The Bertz CT molecular complexity index is 1410. The van der Waals surface area contributed by atoms with Crippen molar-refractivity contribution in [2.24, 2.45) is 0 Å². The molecule has 46 heavy (non-hydrogen) atoms. The van der Waals surface area contributed by atoms with Gasteiger partial charge in [-0.15, -0.1) is 24.8 Å². The van der Waals surface area contributed by atoms with Crippen LogP contribution >= 0.6 is 36.8 Å². The largest absolute Gasteiger partial charge is 0.493 e. The first-order valence-electron chi connectivity index (χ1n) is 15.5. The average Bonchev–Trinajstić information content (AvgIpc) is 3.06. The molecule has 2 atom stereocenters. The molecule has 0 bridgehead atoms. The van der Waals surface area contributed by atoms with Crippen LogP contribution < -0.4 is 22.8 Å². The van der Waals surface area contributed by atoms with E-state index in [4.69, 9.17) is 18.9 Å². The molecule has 1 amide bonds. The zero-order valence-corrected chi connectivity index (χ0v) is 30.0. The number of ether oxygens (including phenoxy) is 4. The lowest BCUT2D eigenvalue weighted by Gasteiger charge is -2.36. The van der Waals surface area contributed by atoms with Crippen molar-refractivity contribution < 1.29 is 23.7 Å². The topological polar surface area (TPSA) is 60.5 Å². The quantitative estimate of drug-likeness (QED) is 0.109. The van der Waals surface area contributed by atoms with Crippen LogP contribution in [0.15, 0.2) is 65.6 Å². The number of carbonyl (C=O) groups excluding carboxylic acids is 1. The maximum Gasteiger partial charge on any atom is 0.337 e. The van der Waals surface area contributed by atoms with Crippen LogP contribution in [0, 0.1) is 0 Å². The molecular weight excluding hydrogens is 645 g/mol. The fourth-order valence-corrected chi connectivity index (χ4v) is 7.57. The Morgan fingerprint density at radius 1 is 0.804 bits per heavy atom. The number of piperazine rings is 1. The normalized spacial score (nSPS) is 19.8. The lowest BCUT2D eigenvalue weighted by molar-refractivity contribution is -0.126. The lowest BCUT2D eigenvalue weighted by atomic mass is 9.99. The number of hydrogen-bond acceptors (Lipinski definition) is 8. The van der Waals surface area contributed by atoms with Gasteiger partial charge in [-0.05, 0) is 68.1 Å². The maximum absolute atomic E-state index is 13.6. The highest BCUT2D eigenvalue weighted by Crippen LogP contribution is 2.49. The summed E-state index contributed by atoms with van der Waals surface area (Å²) in [5.74, 6) is 2.84. The number of amides is 1. The third kappa shape index (κ3) is 8.43. The van der Waals surface area contributed by atoms with Gasteiger partial charge < -0.3 is 28.7 Å². The van der Waals surface area contributed by atoms with Crippen LogP contribution in [0.25, 0.3) is 0 Å². The molecule has 0 radical (unpaired) electrons. The summed E-state index contributed by atoms with van der Waals surface area (Å²) in [4.78, 5) is 19.8. The fraction of sp³-hybridized carbons (Fsp3) is 0.457. The number of rotatable bonds is 13. The number of quaternary nitrogens is 1. The van der Waals surface area contributed by atoms with E-state index in [1.807, 2.05) is 62.5 Å². The van der Waals surface area contributed by atoms with Crippen LogP contribution in [0.4, 0.5) is 5.69 Å². The summed E-state index contributed by atoms with van der Waals surface area (Å²) in [5, 5.41) is 0. The predicted octanol–water partition coefficient (Wildman–Crippen LogP) is 6.86. The standard InChI is InChI=1S/C35H46N3O5S.2ClH/c1-26-28-12-6-9-15-33(28)44-38(2,35(26)39)29-13-7-8-14-30(29)43-23-11-10-17-36-19-21-37(22-20-36)18-16-27-24-31(40-3)34(42-5)32(25-27)41-4;;/h6-9,12-15,24-26H,10-11,16-23H2,1-5H3;2*1H/q+1;;. The van der Waals surface area contributed by atoms with Gasteiger partial charge in [0.1, 0.15) is 11.9 Å². The van der Waals surface area contributed by atoms with E-state index in [-0.39, 0.29) is 40.5 Å². The van der Waals surface area contributed by atoms with Crippen LogP contribution in [0.2, 0.25) is 0 Å². The van der Waals surface area contributed by atoms with Crippen molar-refractivity contribution in [2.75, 3.05) is 74.3 Å². The first-order valence-corrected chi connectivity index (χ1v) is 16.3. The second-order valence-corrected chi connectivity index (χ2v) is 13.0. The fourth-order valence-electron chi connectivity index (χ4n) is 6.19. The summed E-state index contributed by atoms with van der Waals surface area (Å²) >= 11 is 1.59. The van der Waals surface area contributed by atoms with Crippen molar-refractivity contribution in [1.82, 2.24) is 13.7 Å². The Morgan fingerprint density at radius 3 is 2.07 bits per heavy atom. The third-order valence-corrected chi connectivity index (χ3v) is 10.1. The van der Waals surface area contributed by atoms with E-state index in [0.717, 1.165) is 80.4 Å². The number of para-hydroxylation sites is 2. The van der Waals surface area contributed by atoms with Gasteiger partial charge in [0, 0.05) is 38.8 Å². The SMILES string of the molecule is COc1cc(CCN2CCN(CCCCOc3ccccc3[N+]3(C)Sc4ccccc4C(C)C3=O)CC2)cc(OC)c1OC.Cl.Cl. The van der Waals surface area contributed by atoms with Gasteiger partial charge in [-0.2, -0.15) is 3.89 Å². The Labute approximate surface area is 290 Å². The molecule has 1 saturated heterocycles. The molecule has 5 rings (SSSR count). The number of fused-ring (bicyclic) bond motifs is 1. The highest BCUT2D eigenvalue weighted by atomic mass is 35.5. The summed E-state index contributed by atoms with van der Waals surface area (Å²) < 4.78 is 23.0. The van der Waals surface area contributed by atoms with Gasteiger partial charge in [0.25, 0.3) is 0 Å². The summed E-state index contributed by atoms with van der Waals surface area (Å²) in [7, 11) is 6.93. The number of nitrogens with zero attached hydrogens (tertiary/aromatic N) is 3. The lowest BCUT2D eigenvalue weighted by Crippen LogP contribution is -2.48. The molecule has 11 heteroatoms. The van der Waals surface area contributed by atoms with E-state index in [1.54, 1.807) is 33.3 Å². The Kier molecular flexibility index (Phi) is 14.4. The molecule has 2 heterocycles. The van der Waals surface area contributed by atoms with Crippen molar-refractivity contribution in [3.05, 3.63) is 71.8 Å². The zero-order valence-electron chi connectivity index (χ0n) is 27.5. The minimum Gasteiger partial charge on any atom is -0.493 e. The number of benzene rings is 3. The van der Waals surface area contributed by atoms with Crippen LogP contribution in [-0.4, -0.2) is 90.0 Å². The Morgan fingerprint density at radius 2 is 1.41 bits per heavy atom. The number of likely N-dealkylation sites (N-methyl/N-ethyl adjacent to an activating group) is 1. The van der Waals surface area contributed by atoms with Gasteiger partial charge in [-0.25, -0.2) is 4.79 Å². The molecular formula is C35H48Cl2N3O5S+. The smallest absolute Gasteiger partial charge is 0.337 e. The molecule has 0 N–H and O–H groups in total. The Balaban J connectivity index is 0.00000288. The van der Waals surface area contributed by atoms with Crippen molar-refractivity contribution in [3.8, 4) is 23.0 Å². The molecule has 0 spiro atoms. The number of halogens is 2. The van der Waals surface area contributed by atoms with Crippen LogP contribution in [0.3, 0.4) is 0 Å². The number of unbranched alkanes of at least 4 members (excludes halogenated alkanes) is 1. The molecule has 252 valence electrons. The molecule has 3 aromatic rings. The van der Waals surface area contributed by atoms with Crippen molar-refractivity contribution in [3.63, 3.8) is 0 Å². The summed E-state index contributed by atoms with van der Waals surface area (Å²) in [6, 6.07) is 20.3. The second kappa shape index (κ2) is 17.5. The predicted molar refractivity (Wildman–Crippen MR) is 192 cm³/mol. The van der Waals surface area contributed by atoms with E-state index in [2.05, 4.69) is 21.9 Å². The van der Waals surface area contributed by atoms with Crippen molar-refractivity contribution in [2.45, 2.75) is 37.0 Å². The van der Waals surface area contributed by atoms with Gasteiger partial charge in [0.2, 0.25) is 5.75 Å². The monoisotopic (exact) mass is 692 g/mol. The average molecular weight is 694 g/mol. The third-order valence-electron chi connectivity index (χ3n) is 8.81. The Hall–Kier alpha value is -2.66. The molecule has 1 fully saturated rings. The summed E-state index contributed by atoms with van der Waals surface area (Å²) in [5.41, 5.74) is 3.20. The maximum atomic E-state index is 13.6. The zero-order chi connectivity index (χ0) is 31.1. The van der Waals surface area contributed by atoms with E-state index in [9.17, 15) is 4.79 Å². The minimum atomic E-state index is -0.166. The number of hydrogen-bond donors (Lipinski definition) is 0. The molecule has 0 aliphatic carbocycles. The van der Waals surface area contributed by atoms with Gasteiger partial charge in [-0.3, -0.25) is 0 Å². The van der Waals surface area contributed by atoms with Gasteiger partial charge in [-0.1, -0.05) is 30.3 Å². The van der Waals surface area contributed by atoms with E-state index in [1.165, 1.54) is 5.56 Å². The minimum absolute atomic E-state index is 0. The molecule has 0 aromatic heterocycles. The molecule has 0 saturated carbocycles. The molecule has 2 unspecified atom stereocenters. The van der Waals surface area contributed by atoms with E-state index < -0.39 is 0 Å². The highest BCUT2D eigenvalue weighted by molar-refractivity contribution is 7.99. The first-order chi connectivity index (χ1) is 21.4. The number of methoxy groups -OCH3 is 3. The van der Waals surface area contributed by atoms with Crippen molar-refractivity contribution in [1.29, 1.82) is 0 Å². The first kappa shape index (κ1) is 37.8.